The first-order valence-electron chi connectivity index (χ1n) is 7.80. The van der Waals surface area contributed by atoms with Crippen LogP contribution in [0.3, 0.4) is 0 Å². The fraction of sp³-hybridized carbons (Fsp3) is 0.375. The van der Waals surface area contributed by atoms with Gasteiger partial charge in [0.25, 0.3) is 5.69 Å². The second kappa shape index (κ2) is 6.77. The molecular weight excluding hydrogens is 353 g/mol. The molecule has 0 aliphatic carbocycles. The van der Waals surface area contributed by atoms with Gasteiger partial charge in [-0.15, -0.1) is 0 Å². The number of anilines is 1. The van der Waals surface area contributed by atoms with Gasteiger partial charge < -0.3 is 9.64 Å². The normalized spacial score (nSPS) is 17.4. The molecule has 26 heavy (non-hydrogen) atoms. The molecule has 2 aromatic heterocycles. The van der Waals surface area contributed by atoms with Crippen molar-refractivity contribution in [2.45, 2.75) is 25.6 Å². The van der Waals surface area contributed by atoms with E-state index in [1.54, 1.807) is 6.92 Å². The number of alkyl halides is 3. The summed E-state index contributed by atoms with van der Waals surface area (Å²) >= 11 is 0. The lowest BCUT2D eigenvalue weighted by Gasteiger charge is -2.19. The van der Waals surface area contributed by atoms with Crippen LogP contribution in [0.15, 0.2) is 30.6 Å². The summed E-state index contributed by atoms with van der Waals surface area (Å²) in [6, 6.07) is 3.58. The number of hydrogen-bond donors (Lipinski definition) is 0. The average molecular weight is 368 g/mol. The first kappa shape index (κ1) is 17.9. The van der Waals surface area contributed by atoms with E-state index in [2.05, 4.69) is 9.97 Å². The minimum Gasteiger partial charge on any atom is -0.472 e. The monoisotopic (exact) mass is 368 g/mol. The van der Waals surface area contributed by atoms with Gasteiger partial charge in [-0.25, -0.2) is 9.97 Å². The molecule has 1 aliphatic rings. The van der Waals surface area contributed by atoms with Gasteiger partial charge in [0.2, 0.25) is 5.88 Å². The van der Waals surface area contributed by atoms with Gasteiger partial charge in [0, 0.05) is 31.3 Å². The molecule has 1 saturated heterocycles. The zero-order valence-electron chi connectivity index (χ0n) is 13.7. The van der Waals surface area contributed by atoms with E-state index in [1.807, 2.05) is 4.90 Å². The minimum atomic E-state index is -4.44. The molecule has 0 bridgehead atoms. The molecule has 0 amide bonds. The van der Waals surface area contributed by atoms with Crippen molar-refractivity contribution < 1.29 is 22.8 Å². The molecule has 0 N–H and O–H groups in total. The lowest BCUT2D eigenvalue weighted by molar-refractivity contribution is -0.385. The molecular formula is C16H15F3N4O3. The summed E-state index contributed by atoms with van der Waals surface area (Å²) in [5.74, 6) is 0.750. The van der Waals surface area contributed by atoms with Crippen LogP contribution in [0.25, 0.3) is 0 Å². The highest BCUT2D eigenvalue weighted by Gasteiger charge is 2.31. The van der Waals surface area contributed by atoms with Crippen molar-refractivity contribution in [1.29, 1.82) is 0 Å². The summed E-state index contributed by atoms with van der Waals surface area (Å²) in [6.45, 7) is 2.83. The standard InChI is InChI=1S/C16H15F3N4O3/c1-10-6-12(23(24)25)8-21-15(10)22-5-4-13(9-22)26-14-3-2-11(7-20-14)16(17,18)19/h2-3,6-8,13H,4-5,9H2,1H3. The fourth-order valence-electron chi connectivity index (χ4n) is 2.79. The van der Waals surface area contributed by atoms with Gasteiger partial charge in [-0.2, -0.15) is 13.2 Å². The summed E-state index contributed by atoms with van der Waals surface area (Å²) in [4.78, 5) is 20.1. The maximum absolute atomic E-state index is 12.5. The van der Waals surface area contributed by atoms with Crippen molar-refractivity contribution in [2.24, 2.45) is 0 Å². The van der Waals surface area contributed by atoms with Crippen LogP contribution in [0.1, 0.15) is 17.5 Å². The summed E-state index contributed by atoms with van der Waals surface area (Å²) < 4.78 is 43.3. The Balaban J connectivity index is 1.65. The zero-order valence-corrected chi connectivity index (χ0v) is 13.7. The highest BCUT2D eigenvalue weighted by atomic mass is 19.4. The molecule has 138 valence electrons. The van der Waals surface area contributed by atoms with E-state index in [9.17, 15) is 23.3 Å². The number of rotatable bonds is 4. The molecule has 3 rings (SSSR count). The fourth-order valence-corrected chi connectivity index (χ4v) is 2.79. The predicted molar refractivity (Wildman–Crippen MR) is 86.1 cm³/mol. The highest BCUT2D eigenvalue weighted by molar-refractivity contribution is 5.51. The third kappa shape index (κ3) is 3.84. The SMILES string of the molecule is Cc1cc([N+](=O)[O-])cnc1N1CCC(Oc2ccc(C(F)(F)F)cn2)C1. The maximum Gasteiger partial charge on any atom is 0.417 e. The summed E-state index contributed by atoms with van der Waals surface area (Å²) in [6.07, 6.45) is -2.11. The molecule has 1 aliphatic heterocycles. The van der Waals surface area contributed by atoms with Gasteiger partial charge in [-0.05, 0) is 18.6 Å². The smallest absolute Gasteiger partial charge is 0.417 e. The number of pyridine rings is 2. The molecule has 10 heteroatoms. The van der Waals surface area contributed by atoms with E-state index in [-0.39, 0.29) is 17.7 Å². The summed E-state index contributed by atoms with van der Waals surface area (Å²) in [5.41, 5.74) is -0.233. The van der Waals surface area contributed by atoms with Crippen molar-refractivity contribution in [3.05, 3.63) is 51.8 Å². The van der Waals surface area contributed by atoms with Crippen molar-refractivity contribution in [3.63, 3.8) is 0 Å². The van der Waals surface area contributed by atoms with Crippen molar-refractivity contribution >= 4 is 11.5 Å². The van der Waals surface area contributed by atoms with Gasteiger partial charge in [-0.3, -0.25) is 10.1 Å². The van der Waals surface area contributed by atoms with Crippen LogP contribution in [0.4, 0.5) is 24.7 Å². The van der Waals surface area contributed by atoms with Gasteiger partial charge in [0.15, 0.2) is 0 Å². The Bertz CT molecular complexity index is 811. The van der Waals surface area contributed by atoms with Crippen molar-refractivity contribution in [2.75, 3.05) is 18.0 Å². The van der Waals surface area contributed by atoms with E-state index in [4.69, 9.17) is 4.74 Å². The zero-order chi connectivity index (χ0) is 18.9. The van der Waals surface area contributed by atoms with Crippen LogP contribution in [0.5, 0.6) is 5.88 Å². The highest BCUT2D eigenvalue weighted by Crippen LogP contribution is 2.30. The Morgan fingerprint density at radius 1 is 1.31 bits per heavy atom. The van der Waals surface area contributed by atoms with E-state index in [1.165, 1.54) is 18.3 Å². The predicted octanol–water partition coefficient (Wildman–Crippen LogP) is 3.37. The summed E-state index contributed by atoms with van der Waals surface area (Å²) in [7, 11) is 0. The molecule has 0 saturated carbocycles. The van der Waals surface area contributed by atoms with E-state index in [0.717, 1.165) is 12.3 Å². The molecule has 0 aromatic carbocycles. The number of nitrogens with zero attached hydrogens (tertiary/aromatic N) is 4. The van der Waals surface area contributed by atoms with E-state index >= 15 is 0 Å². The Morgan fingerprint density at radius 3 is 2.65 bits per heavy atom. The first-order chi connectivity index (χ1) is 12.2. The van der Waals surface area contributed by atoms with Crippen LogP contribution in [0.2, 0.25) is 0 Å². The largest absolute Gasteiger partial charge is 0.472 e. The number of nitro groups is 1. The quantitative estimate of drug-likeness (QED) is 0.608. The van der Waals surface area contributed by atoms with E-state index < -0.39 is 16.7 Å². The third-order valence-corrected chi connectivity index (χ3v) is 4.04. The Morgan fingerprint density at radius 2 is 2.08 bits per heavy atom. The first-order valence-corrected chi connectivity index (χ1v) is 7.80. The van der Waals surface area contributed by atoms with Gasteiger partial charge in [-0.1, -0.05) is 0 Å². The second-order valence-electron chi connectivity index (χ2n) is 5.95. The Hall–Kier alpha value is -2.91. The van der Waals surface area contributed by atoms with Crippen LogP contribution < -0.4 is 9.64 Å². The van der Waals surface area contributed by atoms with Crippen LogP contribution in [0, 0.1) is 17.0 Å². The van der Waals surface area contributed by atoms with Crippen LogP contribution >= 0.6 is 0 Å². The molecule has 0 spiro atoms. The van der Waals surface area contributed by atoms with Crippen molar-refractivity contribution in [3.8, 4) is 5.88 Å². The molecule has 3 heterocycles. The molecule has 1 fully saturated rings. The van der Waals surface area contributed by atoms with Gasteiger partial charge >= 0.3 is 6.18 Å². The lowest BCUT2D eigenvalue weighted by Crippen LogP contribution is -2.26. The number of hydrogen-bond acceptors (Lipinski definition) is 6. The van der Waals surface area contributed by atoms with Crippen molar-refractivity contribution in [1.82, 2.24) is 9.97 Å². The molecule has 1 unspecified atom stereocenters. The number of aromatic nitrogens is 2. The second-order valence-corrected chi connectivity index (χ2v) is 5.95. The number of aryl methyl sites for hydroxylation is 1. The minimum absolute atomic E-state index is 0.0767. The number of halogens is 3. The van der Waals surface area contributed by atoms with Gasteiger partial charge in [0.05, 0.1) is 17.0 Å². The number of ether oxygens (including phenoxy) is 1. The molecule has 1 atom stereocenters. The topological polar surface area (TPSA) is 81.4 Å². The lowest BCUT2D eigenvalue weighted by atomic mass is 10.2. The molecule has 2 aromatic rings. The summed E-state index contributed by atoms with van der Waals surface area (Å²) in [5, 5.41) is 10.8. The molecule has 7 nitrogen and oxygen atoms in total. The third-order valence-electron chi connectivity index (χ3n) is 4.04. The molecule has 0 radical (unpaired) electrons. The maximum atomic E-state index is 12.5. The van der Waals surface area contributed by atoms with Crippen LogP contribution in [-0.4, -0.2) is 34.1 Å². The Kier molecular flexibility index (Phi) is 4.66. The van der Waals surface area contributed by atoms with Gasteiger partial charge in [0.1, 0.15) is 18.1 Å². The Labute approximate surface area is 146 Å². The average Bonchev–Trinajstić information content (AvgIpc) is 3.02. The van der Waals surface area contributed by atoms with E-state index in [0.29, 0.717) is 30.9 Å². The van der Waals surface area contributed by atoms with Crippen LogP contribution in [-0.2, 0) is 6.18 Å².